The highest BCUT2D eigenvalue weighted by molar-refractivity contribution is 7.66. The third-order valence-electron chi connectivity index (χ3n) is 2.17. The van der Waals surface area contributed by atoms with Crippen LogP contribution in [-0.4, -0.2) is 29.0 Å². The van der Waals surface area contributed by atoms with Gasteiger partial charge in [-0.2, -0.15) is 0 Å². The molecule has 1 heterocycles. The van der Waals surface area contributed by atoms with Crippen LogP contribution < -0.4 is 11.2 Å². The van der Waals surface area contributed by atoms with Gasteiger partial charge in [0, 0.05) is 18.8 Å². The summed E-state index contributed by atoms with van der Waals surface area (Å²) in [5.74, 6) is 0. The molecule has 0 aliphatic carbocycles. The first kappa shape index (κ1) is 18.8. The maximum atomic E-state index is 12.2. The van der Waals surface area contributed by atoms with E-state index in [1.165, 1.54) is 42.3 Å². The average molecular weight is 368 g/mol. The van der Waals surface area contributed by atoms with Crippen molar-refractivity contribution in [1.29, 1.82) is 0 Å². The Labute approximate surface area is 127 Å². The van der Waals surface area contributed by atoms with Gasteiger partial charge in [-0.1, -0.05) is 20.8 Å². The highest BCUT2D eigenvalue weighted by Crippen LogP contribution is 2.59. The van der Waals surface area contributed by atoms with Gasteiger partial charge in [0.1, 0.15) is 0 Å². The summed E-state index contributed by atoms with van der Waals surface area (Å²) in [6.45, 7) is 2.53. The molecule has 0 spiro atoms. The van der Waals surface area contributed by atoms with Crippen molar-refractivity contribution in [3.63, 3.8) is 0 Å². The topological polar surface area (TPSA) is 125 Å². The summed E-state index contributed by atoms with van der Waals surface area (Å²) in [6.07, 6.45) is 3.96. The lowest BCUT2D eigenvalue weighted by atomic mass is 10.5. The van der Waals surface area contributed by atoms with E-state index < -0.39 is 34.9 Å². The third kappa shape index (κ3) is 6.69. The van der Waals surface area contributed by atoms with Gasteiger partial charge >= 0.3 is 29.3 Å². The molecule has 2 atom stereocenters. The number of nitrogens with zero attached hydrogens (tertiary/aromatic N) is 1. The molecule has 120 valence electrons. The Morgan fingerprint density at radius 1 is 1.23 bits per heavy atom. The van der Waals surface area contributed by atoms with Gasteiger partial charge in [-0.25, -0.2) is 4.79 Å². The molecule has 0 radical (unpaired) electrons. The lowest BCUT2D eigenvalue weighted by molar-refractivity contribution is 0.397. The predicted octanol–water partition coefficient (Wildman–Crippen LogP) is 2.06. The minimum absolute atomic E-state index is 0.117. The van der Waals surface area contributed by atoms with E-state index in [9.17, 15) is 23.3 Å². The van der Waals surface area contributed by atoms with Gasteiger partial charge in [-0.05, 0) is 9.13 Å². The molecule has 0 aliphatic rings. The maximum absolute atomic E-state index is 12.2. The van der Waals surface area contributed by atoms with E-state index >= 15 is 0 Å². The van der Waals surface area contributed by atoms with Crippen molar-refractivity contribution in [2.45, 2.75) is 6.54 Å². The molecule has 0 saturated carbocycles. The van der Waals surface area contributed by atoms with Gasteiger partial charge in [0.2, 0.25) is 0 Å². The second kappa shape index (κ2) is 8.42. The van der Waals surface area contributed by atoms with Crippen molar-refractivity contribution in [3.8, 4) is 0 Å². The number of H-pyrrole nitrogens is 1. The molecule has 0 bridgehead atoms. The first-order valence-corrected chi connectivity index (χ1v) is 10.9. The Bertz CT molecular complexity index is 731. The van der Waals surface area contributed by atoms with Gasteiger partial charge in [0.15, 0.2) is 13.3 Å². The Balaban J connectivity index is 2.74. The molecule has 0 amide bonds. The van der Waals surface area contributed by atoms with Crippen LogP contribution in [0.25, 0.3) is 0 Å². The number of hydrogen-bond acceptors (Lipinski definition) is 7. The Kier molecular flexibility index (Phi) is 7.20. The summed E-state index contributed by atoms with van der Waals surface area (Å²) in [5.41, 5.74) is -1.09. The number of aromatic nitrogens is 2. The number of rotatable bonds is 8. The fraction of sp³-hybridized carbons (Fsp3) is 0.400. The lowest BCUT2D eigenvalue weighted by Gasteiger charge is -2.02. The van der Waals surface area contributed by atoms with Crippen LogP contribution in [0.3, 0.4) is 0 Å². The zero-order valence-electron chi connectivity index (χ0n) is 11.9. The van der Waals surface area contributed by atoms with Crippen LogP contribution in [-0.2, 0) is 28.9 Å². The smallest absolute Gasteiger partial charge is 0.297 e. The molecule has 12 heteroatoms. The molecule has 0 aliphatic heterocycles. The van der Waals surface area contributed by atoms with Gasteiger partial charge in [-0.15, -0.1) is 0 Å². The van der Waals surface area contributed by atoms with Crippen molar-refractivity contribution in [2.75, 3.05) is 19.5 Å². The van der Waals surface area contributed by atoms with Gasteiger partial charge in [0.05, 0.1) is 6.16 Å². The highest BCUT2D eigenvalue weighted by Gasteiger charge is 2.39. The highest BCUT2D eigenvalue weighted by atomic mass is 31.3. The minimum Gasteiger partial charge on any atom is -0.297 e. The molecule has 1 aromatic heterocycles. The van der Waals surface area contributed by atoms with E-state index in [-0.39, 0.29) is 12.7 Å². The van der Waals surface area contributed by atoms with E-state index in [0.717, 1.165) is 0 Å². The van der Waals surface area contributed by atoms with E-state index in [1.54, 1.807) is 0 Å². The second-order valence-electron chi connectivity index (χ2n) is 4.07. The molecule has 1 aromatic rings. The van der Waals surface area contributed by atoms with Gasteiger partial charge in [0.25, 0.3) is 5.56 Å². The van der Waals surface area contributed by atoms with Crippen molar-refractivity contribution >= 4 is 23.7 Å². The van der Waals surface area contributed by atoms with Gasteiger partial charge < -0.3 is 0 Å². The van der Waals surface area contributed by atoms with Crippen molar-refractivity contribution < 1.29 is 22.3 Å². The van der Waals surface area contributed by atoms with E-state index in [4.69, 9.17) is 8.62 Å². The SMILES string of the molecule is C[P+](=O)OP(=O)(C/C=C/Cn1ccc(=O)[nH]c1=O)O[P+](C)=O. The Morgan fingerprint density at radius 2 is 1.82 bits per heavy atom. The summed E-state index contributed by atoms with van der Waals surface area (Å²) in [6, 6.07) is 1.19. The number of nitrogens with one attached hydrogen (secondary N) is 1. The van der Waals surface area contributed by atoms with E-state index in [2.05, 4.69) is 4.98 Å². The van der Waals surface area contributed by atoms with Crippen molar-refractivity contribution in [1.82, 2.24) is 9.55 Å². The molecule has 22 heavy (non-hydrogen) atoms. The summed E-state index contributed by atoms with van der Waals surface area (Å²) < 4.78 is 44.9. The summed E-state index contributed by atoms with van der Waals surface area (Å²) in [7, 11) is -8.15. The molecular formula is C10H15N2O7P3+2. The molecule has 0 saturated heterocycles. The van der Waals surface area contributed by atoms with Crippen LogP contribution >= 0.6 is 23.7 Å². The van der Waals surface area contributed by atoms with Crippen LogP contribution in [0.4, 0.5) is 0 Å². The fourth-order valence-corrected chi connectivity index (χ4v) is 5.54. The first-order valence-electron chi connectivity index (χ1n) is 5.97. The van der Waals surface area contributed by atoms with Crippen LogP contribution in [0.5, 0.6) is 0 Å². The molecular weight excluding hydrogens is 353 g/mol. The third-order valence-corrected chi connectivity index (χ3v) is 6.66. The van der Waals surface area contributed by atoms with Crippen LogP contribution in [0.15, 0.2) is 34.0 Å². The quantitative estimate of drug-likeness (QED) is 0.550. The zero-order chi connectivity index (χ0) is 16.8. The van der Waals surface area contributed by atoms with Crippen LogP contribution in [0, 0.1) is 0 Å². The Morgan fingerprint density at radius 3 is 2.32 bits per heavy atom. The summed E-state index contributed by atoms with van der Waals surface area (Å²) >= 11 is 0. The predicted molar refractivity (Wildman–Crippen MR) is 82.2 cm³/mol. The van der Waals surface area contributed by atoms with Crippen molar-refractivity contribution in [2.24, 2.45) is 0 Å². The lowest BCUT2D eigenvalue weighted by Crippen LogP contribution is -2.28. The molecule has 9 nitrogen and oxygen atoms in total. The van der Waals surface area contributed by atoms with E-state index in [0.29, 0.717) is 0 Å². The number of hydrogen-bond donors (Lipinski definition) is 1. The maximum Gasteiger partial charge on any atom is 0.513 e. The molecule has 1 N–H and O–H groups in total. The van der Waals surface area contributed by atoms with E-state index in [1.807, 2.05) is 0 Å². The molecule has 0 fully saturated rings. The summed E-state index contributed by atoms with van der Waals surface area (Å²) in [4.78, 5) is 24.4. The standard InChI is InChI=1S/C10H14N2O7P3/c1-20(15)18-22(17,19-21(2)16)8-4-3-6-12-7-5-9(13)11-10(12)14/h3-5,7H,6,8H2,1-2H3/q+1/p+1/b4-3+. The molecule has 1 rings (SSSR count). The van der Waals surface area contributed by atoms with Crippen LogP contribution in [0.2, 0.25) is 0 Å². The largest absolute Gasteiger partial charge is 0.513 e. The molecule has 2 unspecified atom stereocenters. The zero-order valence-corrected chi connectivity index (χ0v) is 14.6. The Hall–Kier alpha value is -1.23. The summed E-state index contributed by atoms with van der Waals surface area (Å²) in [5, 5.41) is 0. The second-order valence-corrected chi connectivity index (χ2v) is 8.72. The molecule has 0 aromatic carbocycles. The monoisotopic (exact) mass is 368 g/mol. The van der Waals surface area contributed by atoms with Crippen LogP contribution in [0.1, 0.15) is 0 Å². The van der Waals surface area contributed by atoms with Gasteiger partial charge in [-0.3, -0.25) is 18.9 Å². The number of allylic oxidation sites excluding steroid dienone is 2. The first-order chi connectivity index (χ1) is 10.2. The number of aromatic amines is 1. The average Bonchev–Trinajstić information content (AvgIpc) is 2.34. The normalized spacial score (nSPS) is 15.5. The fourth-order valence-electron chi connectivity index (χ4n) is 1.41. The van der Waals surface area contributed by atoms with Crippen molar-refractivity contribution in [3.05, 3.63) is 45.3 Å². The minimum atomic E-state index is -3.77.